The van der Waals surface area contributed by atoms with Crippen molar-refractivity contribution in [3.8, 4) is 5.75 Å². The standard InChI is InChI=1S/C15H16F3NOS/c1-10(19-8-9-21-15(16,17)18)12-7-6-11-4-2-3-5-13(11)14(12)20/h2-7,10,19-20H,8-9H2,1H3. The highest BCUT2D eigenvalue weighted by molar-refractivity contribution is 8.00. The second-order valence-corrected chi connectivity index (χ2v) is 5.85. The number of benzene rings is 2. The van der Waals surface area contributed by atoms with Gasteiger partial charge >= 0.3 is 5.51 Å². The molecule has 6 heteroatoms. The monoisotopic (exact) mass is 315 g/mol. The summed E-state index contributed by atoms with van der Waals surface area (Å²) in [5.74, 6) is 0.124. The van der Waals surface area contributed by atoms with Crippen LogP contribution in [0, 0.1) is 0 Å². The first-order valence-corrected chi connectivity index (χ1v) is 7.52. The lowest BCUT2D eigenvalue weighted by Gasteiger charge is -2.17. The maximum absolute atomic E-state index is 12.0. The van der Waals surface area contributed by atoms with E-state index in [9.17, 15) is 18.3 Å². The molecule has 21 heavy (non-hydrogen) atoms. The fourth-order valence-corrected chi connectivity index (χ4v) is 2.62. The van der Waals surface area contributed by atoms with Crippen LogP contribution >= 0.6 is 11.8 Å². The zero-order valence-electron chi connectivity index (χ0n) is 11.4. The van der Waals surface area contributed by atoms with Gasteiger partial charge in [0, 0.05) is 29.3 Å². The topological polar surface area (TPSA) is 32.3 Å². The summed E-state index contributed by atoms with van der Waals surface area (Å²) >= 11 is -0.0475. The zero-order valence-corrected chi connectivity index (χ0v) is 12.3. The quantitative estimate of drug-likeness (QED) is 0.800. The molecule has 0 spiro atoms. The molecule has 2 N–H and O–H groups in total. The number of aromatic hydroxyl groups is 1. The van der Waals surface area contributed by atoms with E-state index >= 15 is 0 Å². The Balaban J connectivity index is 2.02. The summed E-state index contributed by atoms with van der Waals surface area (Å²) in [7, 11) is 0. The molecule has 0 aromatic heterocycles. The number of rotatable bonds is 5. The van der Waals surface area contributed by atoms with Gasteiger partial charge in [-0.3, -0.25) is 0 Å². The molecule has 0 aliphatic carbocycles. The van der Waals surface area contributed by atoms with Crippen molar-refractivity contribution >= 4 is 22.5 Å². The van der Waals surface area contributed by atoms with Gasteiger partial charge in [0.05, 0.1) is 0 Å². The minimum absolute atomic E-state index is 0.0475. The van der Waals surface area contributed by atoms with E-state index in [4.69, 9.17) is 0 Å². The van der Waals surface area contributed by atoms with E-state index < -0.39 is 5.51 Å². The van der Waals surface area contributed by atoms with Crippen LogP contribution in [0.1, 0.15) is 18.5 Å². The average molecular weight is 315 g/mol. The van der Waals surface area contributed by atoms with Crippen molar-refractivity contribution in [3.63, 3.8) is 0 Å². The molecule has 0 saturated carbocycles. The number of phenols is 1. The molecule has 0 amide bonds. The normalized spacial score (nSPS) is 13.5. The summed E-state index contributed by atoms with van der Waals surface area (Å²) in [6.07, 6.45) is 0. The molecule has 2 nitrogen and oxygen atoms in total. The highest BCUT2D eigenvalue weighted by Crippen LogP contribution is 2.33. The first-order valence-electron chi connectivity index (χ1n) is 6.53. The lowest BCUT2D eigenvalue weighted by Crippen LogP contribution is -2.22. The first kappa shape index (κ1) is 16.0. The number of thioether (sulfide) groups is 1. The third-order valence-corrected chi connectivity index (χ3v) is 3.95. The Labute approximate surface area is 125 Å². The number of halogens is 3. The summed E-state index contributed by atoms with van der Waals surface area (Å²) in [4.78, 5) is 0. The maximum Gasteiger partial charge on any atom is 0.441 e. The van der Waals surface area contributed by atoms with E-state index in [-0.39, 0.29) is 35.9 Å². The number of alkyl halides is 3. The van der Waals surface area contributed by atoms with Crippen LogP contribution in [0.25, 0.3) is 10.8 Å². The van der Waals surface area contributed by atoms with Gasteiger partial charge in [0.1, 0.15) is 5.75 Å². The predicted molar refractivity (Wildman–Crippen MR) is 80.5 cm³/mol. The second-order valence-electron chi connectivity index (χ2n) is 4.69. The Kier molecular flexibility index (Phi) is 5.00. The Morgan fingerprint density at radius 2 is 1.90 bits per heavy atom. The van der Waals surface area contributed by atoms with E-state index in [0.29, 0.717) is 5.56 Å². The van der Waals surface area contributed by atoms with Gasteiger partial charge in [0.25, 0.3) is 0 Å². The number of nitrogens with one attached hydrogen (secondary N) is 1. The molecule has 114 valence electrons. The maximum atomic E-state index is 12.0. The molecule has 0 heterocycles. The number of fused-ring (bicyclic) bond motifs is 1. The van der Waals surface area contributed by atoms with Crippen LogP contribution in [0.2, 0.25) is 0 Å². The number of hydrogen-bond donors (Lipinski definition) is 2. The van der Waals surface area contributed by atoms with Crippen molar-refractivity contribution in [3.05, 3.63) is 42.0 Å². The van der Waals surface area contributed by atoms with Gasteiger partial charge in [-0.05, 0) is 24.1 Å². The summed E-state index contributed by atoms with van der Waals surface area (Å²) in [6, 6.07) is 10.9. The largest absolute Gasteiger partial charge is 0.507 e. The first-order chi connectivity index (χ1) is 9.88. The average Bonchev–Trinajstić information content (AvgIpc) is 2.43. The van der Waals surface area contributed by atoms with Gasteiger partial charge in [-0.2, -0.15) is 13.2 Å². The van der Waals surface area contributed by atoms with Crippen LogP contribution in [0.3, 0.4) is 0 Å². The Morgan fingerprint density at radius 1 is 1.19 bits per heavy atom. The van der Waals surface area contributed by atoms with Crippen molar-refractivity contribution in [2.24, 2.45) is 0 Å². The zero-order chi connectivity index (χ0) is 15.5. The number of phenolic OH excluding ortho intramolecular Hbond substituents is 1. The van der Waals surface area contributed by atoms with Gasteiger partial charge in [0.2, 0.25) is 0 Å². The van der Waals surface area contributed by atoms with Crippen molar-refractivity contribution in [2.45, 2.75) is 18.5 Å². The van der Waals surface area contributed by atoms with E-state index in [2.05, 4.69) is 5.32 Å². The molecule has 1 atom stereocenters. The van der Waals surface area contributed by atoms with Crippen LogP contribution in [0.4, 0.5) is 13.2 Å². The van der Waals surface area contributed by atoms with Crippen LogP contribution in [0.5, 0.6) is 5.75 Å². The summed E-state index contributed by atoms with van der Waals surface area (Å²) in [6.45, 7) is 2.04. The Hall–Kier alpha value is -1.40. The summed E-state index contributed by atoms with van der Waals surface area (Å²) in [5, 5.41) is 14.9. The molecular weight excluding hydrogens is 299 g/mol. The molecule has 0 aliphatic rings. The Morgan fingerprint density at radius 3 is 2.62 bits per heavy atom. The lowest BCUT2D eigenvalue weighted by molar-refractivity contribution is -0.0327. The van der Waals surface area contributed by atoms with E-state index in [1.165, 1.54) is 0 Å². The van der Waals surface area contributed by atoms with Crippen molar-refractivity contribution in [1.29, 1.82) is 0 Å². The van der Waals surface area contributed by atoms with Gasteiger partial charge in [-0.1, -0.05) is 36.4 Å². The van der Waals surface area contributed by atoms with Crippen molar-refractivity contribution in [1.82, 2.24) is 5.32 Å². The molecule has 2 rings (SSSR count). The van der Waals surface area contributed by atoms with Crippen LogP contribution < -0.4 is 5.32 Å². The van der Waals surface area contributed by atoms with Crippen LogP contribution in [-0.2, 0) is 0 Å². The van der Waals surface area contributed by atoms with E-state index in [1.54, 1.807) is 6.07 Å². The Bertz CT molecular complexity index is 615. The molecule has 2 aromatic rings. The van der Waals surface area contributed by atoms with Gasteiger partial charge < -0.3 is 10.4 Å². The number of hydrogen-bond acceptors (Lipinski definition) is 3. The minimum atomic E-state index is -4.20. The predicted octanol–water partition coefficient (Wildman–Crippen LogP) is 4.45. The fourth-order valence-electron chi connectivity index (χ4n) is 2.17. The molecule has 0 bridgehead atoms. The molecular formula is C15H16F3NOS. The molecule has 0 aliphatic heterocycles. The molecule has 2 aromatic carbocycles. The molecule has 0 saturated heterocycles. The van der Waals surface area contributed by atoms with Crippen LogP contribution in [0.15, 0.2) is 36.4 Å². The van der Waals surface area contributed by atoms with E-state index in [1.807, 2.05) is 37.3 Å². The van der Waals surface area contributed by atoms with E-state index in [0.717, 1.165) is 10.8 Å². The van der Waals surface area contributed by atoms with Crippen molar-refractivity contribution < 1.29 is 18.3 Å². The van der Waals surface area contributed by atoms with Gasteiger partial charge in [-0.15, -0.1) is 0 Å². The summed E-state index contributed by atoms with van der Waals surface area (Å²) in [5.41, 5.74) is -3.51. The summed E-state index contributed by atoms with van der Waals surface area (Å²) < 4.78 is 36.1. The lowest BCUT2D eigenvalue weighted by atomic mass is 10.0. The SMILES string of the molecule is CC(NCCSC(F)(F)F)c1ccc2ccccc2c1O. The smallest absolute Gasteiger partial charge is 0.441 e. The minimum Gasteiger partial charge on any atom is -0.507 e. The van der Waals surface area contributed by atoms with Gasteiger partial charge in [0.15, 0.2) is 0 Å². The molecule has 0 radical (unpaired) electrons. The van der Waals surface area contributed by atoms with Gasteiger partial charge in [-0.25, -0.2) is 0 Å². The highest BCUT2D eigenvalue weighted by Gasteiger charge is 2.27. The van der Waals surface area contributed by atoms with Crippen molar-refractivity contribution in [2.75, 3.05) is 12.3 Å². The fraction of sp³-hybridized carbons (Fsp3) is 0.333. The second kappa shape index (κ2) is 6.58. The molecule has 0 fully saturated rings. The van der Waals surface area contributed by atoms with Crippen LogP contribution in [-0.4, -0.2) is 22.9 Å². The third-order valence-electron chi connectivity index (χ3n) is 3.22. The highest BCUT2D eigenvalue weighted by atomic mass is 32.2. The molecule has 1 unspecified atom stereocenters. The third kappa shape index (κ3) is 4.28.